The Balaban J connectivity index is 1.39. The summed E-state index contributed by atoms with van der Waals surface area (Å²) < 4.78 is 17.7. The van der Waals surface area contributed by atoms with Crippen LogP contribution in [-0.4, -0.2) is 52.0 Å². The lowest BCUT2D eigenvalue weighted by molar-refractivity contribution is 0.0953. The van der Waals surface area contributed by atoms with Crippen LogP contribution in [0.25, 0.3) is 11.5 Å². The second-order valence-electron chi connectivity index (χ2n) is 7.33. The van der Waals surface area contributed by atoms with Gasteiger partial charge in [-0.05, 0) is 43.3 Å². The molecule has 1 N–H and O–H groups in total. The van der Waals surface area contributed by atoms with E-state index in [0.717, 1.165) is 47.7 Å². The summed E-state index contributed by atoms with van der Waals surface area (Å²) >= 11 is 6.97. The summed E-state index contributed by atoms with van der Waals surface area (Å²) in [5.41, 5.74) is 0.792. The van der Waals surface area contributed by atoms with Gasteiger partial charge >= 0.3 is 0 Å². The van der Waals surface area contributed by atoms with E-state index >= 15 is 0 Å². The van der Waals surface area contributed by atoms with Gasteiger partial charge in [0.2, 0.25) is 0 Å². The van der Waals surface area contributed by atoms with E-state index in [1.54, 1.807) is 22.7 Å². The summed E-state index contributed by atoms with van der Waals surface area (Å²) in [4.78, 5) is 0. The van der Waals surface area contributed by atoms with E-state index in [9.17, 15) is 0 Å². The van der Waals surface area contributed by atoms with Crippen LogP contribution in [0.3, 0.4) is 0 Å². The van der Waals surface area contributed by atoms with Crippen LogP contribution >= 0.6 is 24.0 Å². The molecular formula is C19H22N8O2S2. The lowest BCUT2D eigenvalue weighted by Crippen LogP contribution is -2.17. The van der Waals surface area contributed by atoms with E-state index < -0.39 is 0 Å². The molecule has 1 aliphatic heterocycles. The van der Waals surface area contributed by atoms with Gasteiger partial charge in [-0.15, -0.1) is 10.2 Å². The standard InChI is InChI=1S/C19H22N8O2S2/c1-25-7-6-15(24-25)17-21-23-19(27(17)11-14-5-3-9-29-14)31-12-16-20-22-18(30)26(16)10-13-4-2-8-28-13/h2,4,6-8,14H,3,5,9-12H2,1H3,(H,22,30). The van der Waals surface area contributed by atoms with Crippen molar-refractivity contribution >= 4 is 24.0 Å². The third-order valence-corrected chi connectivity index (χ3v) is 6.41. The third-order valence-electron chi connectivity index (χ3n) is 5.13. The molecule has 0 radical (unpaired) electrons. The van der Waals surface area contributed by atoms with E-state index in [0.29, 0.717) is 23.6 Å². The average Bonchev–Trinajstić information content (AvgIpc) is 3.57. The van der Waals surface area contributed by atoms with Gasteiger partial charge in [0.15, 0.2) is 15.8 Å². The van der Waals surface area contributed by atoms with Gasteiger partial charge in [0, 0.05) is 19.9 Å². The van der Waals surface area contributed by atoms with Gasteiger partial charge in [0.25, 0.3) is 0 Å². The quantitative estimate of drug-likeness (QED) is 0.317. The molecular weight excluding hydrogens is 436 g/mol. The molecule has 1 saturated heterocycles. The van der Waals surface area contributed by atoms with E-state index in [4.69, 9.17) is 21.4 Å². The first-order valence-corrected chi connectivity index (χ1v) is 11.4. The number of rotatable bonds is 8. The Morgan fingerprint density at radius 2 is 2.23 bits per heavy atom. The minimum atomic E-state index is 0.159. The summed E-state index contributed by atoms with van der Waals surface area (Å²) in [6, 6.07) is 5.72. The van der Waals surface area contributed by atoms with Crippen LogP contribution in [0.2, 0.25) is 0 Å². The molecule has 0 spiro atoms. The monoisotopic (exact) mass is 458 g/mol. The molecule has 5 heterocycles. The van der Waals surface area contributed by atoms with Crippen LogP contribution in [0.4, 0.5) is 0 Å². The van der Waals surface area contributed by atoms with Gasteiger partial charge in [-0.2, -0.15) is 10.2 Å². The van der Waals surface area contributed by atoms with Gasteiger partial charge in [-0.3, -0.25) is 18.9 Å². The molecule has 162 valence electrons. The summed E-state index contributed by atoms with van der Waals surface area (Å²) in [6.07, 6.45) is 5.83. The molecule has 31 heavy (non-hydrogen) atoms. The molecule has 5 rings (SSSR count). The summed E-state index contributed by atoms with van der Waals surface area (Å²) in [5.74, 6) is 2.97. The van der Waals surface area contributed by atoms with Gasteiger partial charge < -0.3 is 9.15 Å². The van der Waals surface area contributed by atoms with Crippen LogP contribution in [0, 0.1) is 4.77 Å². The van der Waals surface area contributed by atoms with Crippen LogP contribution < -0.4 is 0 Å². The number of hydrogen-bond donors (Lipinski definition) is 1. The number of H-pyrrole nitrogens is 1. The van der Waals surface area contributed by atoms with Crippen LogP contribution in [0.1, 0.15) is 24.4 Å². The normalized spacial score (nSPS) is 16.4. The van der Waals surface area contributed by atoms with Gasteiger partial charge in [-0.1, -0.05) is 11.8 Å². The molecule has 1 aliphatic rings. The first kappa shape index (κ1) is 20.2. The number of aromatic amines is 1. The van der Waals surface area contributed by atoms with Crippen LogP contribution in [0.15, 0.2) is 40.2 Å². The molecule has 0 aliphatic carbocycles. The minimum Gasteiger partial charge on any atom is -0.467 e. The fraction of sp³-hybridized carbons (Fsp3) is 0.421. The fourth-order valence-electron chi connectivity index (χ4n) is 3.59. The zero-order chi connectivity index (χ0) is 21.2. The number of nitrogens with zero attached hydrogens (tertiary/aromatic N) is 7. The summed E-state index contributed by atoms with van der Waals surface area (Å²) in [5, 5.41) is 21.5. The van der Waals surface area contributed by atoms with Crippen molar-refractivity contribution in [2.24, 2.45) is 7.05 Å². The highest BCUT2D eigenvalue weighted by molar-refractivity contribution is 7.98. The summed E-state index contributed by atoms with van der Waals surface area (Å²) in [7, 11) is 1.89. The van der Waals surface area contributed by atoms with Crippen molar-refractivity contribution in [3.63, 3.8) is 0 Å². The van der Waals surface area contributed by atoms with Gasteiger partial charge in [-0.25, -0.2) is 0 Å². The first-order chi connectivity index (χ1) is 15.2. The maximum absolute atomic E-state index is 5.86. The molecule has 0 bridgehead atoms. The lowest BCUT2D eigenvalue weighted by Gasteiger charge is -2.14. The Hall–Kier alpha value is -2.70. The smallest absolute Gasteiger partial charge is 0.195 e. The van der Waals surface area contributed by atoms with Crippen molar-refractivity contribution in [2.75, 3.05) is 6.61 Å². The van der Waals surface area contributed by atoms with Crippen LogP contribution in [-0.2, 0) is 30.6 Å². The third kappa shape index (κ3) is 4.36. The molecule has 0 saturated carbocycles. The molecule has 0 aromatic carbocycles. The van der Waals surface area contributed by atoms with E-state index in [2.05, 4.69) is 30.1 Å². The van der Waals surface area contributed by atoms with Crippen molar-refractivity contribution in [3.05, 3.63) is 47.0 Å². The zero-order valence-electron chi connectivity index (χ0n) is 17.0. The average molecular weight is 459 g/mol. The fourth-order valence-corrected chi connectivity index (χ4v) is 4.70. The maximum atomic E-state index is 5.86. The van der Waals surface area contributed by atoms with Crippen molar-refractivity contribution in [3.8, 4) is 11.5 Å². The van der Waals surface area contributed by atoms with Crippen molar-refractivity contribution in [2.45, 2.75) is 42.9 Å². The number of furan rings is 1. The molecule has 4 aromatic heterocycles. The van der Waals surface area contributed by atoms with Crippen LogP contribution in [0.5, 0.6) is 0 Å². The molecule has 12 heteroatoms. The SMILES string of the molecule is Cn1ccc(-c2nnc(SCc3n[nH]c(=S)n3Cc3ccco3)n2CC2CCCO2)n1. The molecule has 10 nitrogen and oxygen atoms in total. The topological polar surface area (TPSA) is 105 Å². The van der Waals surface area contributed by atoms with Crippen molar-refractivity contribution < 1.29 is 9.15 Å². The number of aryl methyl sites for hydroxylation is 1. The molecule has 1 fully saturated rings. The predicted molar refractivity (Wildman–Crippen MR) is 116 cm³/mol. The highest BCUT2D eigenvalue weighted by Gasteiger charge is 2.23. The molecule has 1 unspecified atom stereocenters. The number of thioether (sulfide) groups is 1. The second kappa shape index (κ2) is 8.81. The van der Waals surface area contributed by atoms with Gasteiger partial charge in [0.05, 0.1) is 31.2 Å². The zero-order valence-corrected chi connectivity index (χ0v) is 18.6. The Bertz CT molecular complexity index is 1200. The first-order valence-electron chi connectivity index (χ1n) is 10.0. The Morgan fingerprint density at radius 3 is 2.97 bits per heavy atom. The van der Waals surface area contributed by atoms with E-state index in [1.807, 2.05) is 36.0 Å². The van der Waals surface area contributed by atoms with E-state index in [1.165, 1.54) is 0 Å². The Morgan fingerprint density at radius 1 is 1.29 bits per heavy atom. The molecule has 1 atom stereocenters. The number of hydrogen-bond acceptors (Lipinski definition) is 8. The highest BCUT2D eigenvalue weighted by atomic mass is 32.2. The maximum Gasteiger partial charge on any atom is 0.195 e. The summed E-state index contributed by atoms with van der Waals surface area (Å²) in [6.45, 7) is 2.02. The number of nitrogens with one attached hydrogen (secondary N) is 1. The largest absolute Gasteiger partial charge is 0.467 e. The molecule has 0 amide bonds. The molecule has 4 aromatic rings. The second-order valence-corrected chi connectivity index (χ2v) is 8.65. The Kier molecular flexibility index (Phi) is 5.74. The number of aromatic nitrogens is 8. The minimum absolute atomic E-state index is 0.159. The van der Waals surface area contributed by atoms with Crippen molar-refractivity contribution in [1.82, 2.24) is 39.3 Å². The highest BCUT2D eigenvalue weighted by Crippen LogP contribution is 2.27. The number of ether oxygens (including phenoxy) is 1. The van der Waals surface area contributed by atoms with Gasteiger partial charge in [0.1, 0.15) is 17.3 Å². The predicted octanol–water partition coefficient (Wildman–Crippen LogP) is 3.05. The van der Waals surface area contributed by atoms with Crippen molar-refractivity contribution in [1.29, 1.82) is 0 Å². The lowest BCUT2D eigenvalue weighted by atomic mass is 10.2. The van der Waals surface area contributed by atoms with E-state index in [-0.39, 0.29) is 6.10 Å². The Labute approximate surface area is 187 Å².